The SMILES string of the molecule is Ic1ncn(CCC2CC2)n1. The number of aromatic nitrogens is 3. The van der Waals surface area contributed by atoms with Gasteiger partial charge in [-0.1, -0.05) is 12.8 Å². The van der Waals surface area contributed by atoms with Crippen molar-refractivity contribution in [2.45, 2.75) is 25.8 Å². The molecule has 3 nitrogen and oxygen atoms in total. The minimum atomic E-state index is 0.846. The standard InChI is InChI=1S/C7H10IN3/c8-7-9-5-11(10-7)4-3-6-1-2-6/h5-6H,1-4H2. The van der Waals surface area contributed by atoms with Gasteiger partial charge >= 0.3 is 0 Å². The number of nitrogens with zero attached hydrogens (tertiary/aromatic N) is 3. The van der Waals surface area contributed by atoms with E-state index in [2.05, 4.69) is 32.7 Å². The number of hydrogen-bond acceptors (Lipinski definition) is 2. The Balaban J connectivity index is 1.85. The summed E-state index contributed by atoms with van der Waals surface area (Å²) in [6.45, 7) is 1.04. The highest BCUT2D eigenvalue weighted by Crippen LogP contribution is 2.32. The summed E-state index contributed by atoms with van der Waals surface area (Å²) in [7, 11) is 0. The summed E-state index contributed by atoms with van der Waals surface area (Å²) >= 11 is 2.13. The van der Waals surface area contributed by atoms with Crippen LogP contribution in [0.15, 0.2) is 6.33 Å². The van der Waals surface area contributed by atoms with Crippen LogP contribution in [-0.4, -0.2) is 14.8 Å². The minimum Gasteiger partial charge on any atom is -0.252 e. The highest BCUT2D eigenvalue weighted by Gasteiger charge is 2.20. The van der Waals surface area contributed by atoms with E-state index in [4.69, 9.17) is 0 Å². The van der Waals surface area contributed by atoms with Gasteiger partial charge in [-0.2, -0.15) is 0 Å². The average molecular weight is 263 g/mol. The van der Waals surface area contributed by atoms with E-state index in [1.54, 1.807) is 0 Å². The first-order chi connectivity index (χ1) is 5.34. The van der Waals surface area contributed by atoms with Crippen LogP contribution in [0.2, 0.25) is 0 Å². The van der Waals surface area contributed by atoms with Gasteiger partial charge in [-0.15, -0.1) is 5.10 Å². The third kappa shape index (κ3) is 2.15. The Labute approximate surface area is 79.3 Å². The summed E-state index contributed by atoms with van der Waals surface area (Å²) in [5.41, 5.74) is 0. The molecule has 1 heterocycles. The smallest absolute Gasteiger partial charge is 0.211 e. The van der Waals surface area contributed by atoms with Crippen LogP contribution in [0.3, 0.4) is 0 Å². The first-order valence-corrected chi connectivity index (χ1v) is 4.97. The summed E-state index contributed by atoms with van der Waals surface area (Å²) in [6.07, 6.45) is 5.93. The lowest BCUT2D eigenvalue weighted by Gasteiger charge is -1.96. The predicted molar refractivity (Wildman–Crippen MR) is 50.1 cm³/mol. The molecule has 11 heavy (non-hydrogen) atoms. The largest absolute Gasteiger partial charge is 0.252 e. The molecule has 0 aromatic carbocycles. The summed E-state index contributed by atoms with van der Waals surface area (Å²) in [4.78, 5) is 4.05. The maximum absolute atomic E-state index is 4.20. The zero-order valence-corrected chi connectivity index (χ0v) is 8.36. The minimum absolute atomic E-state index is 0.846. The Hall–Kier alpha value is -0.130. The second-order valence-corrected chi connectivity index (χ2v) is 3.97. The van der Waals surface area contributed by atoms with Gasteiger partial charge in [0, 0.05) is 29.1 Å². The maximum atomic E-state index is 4.20. The van der Waals surface area contributed by atoms with Crippen molar-refractivity contribution in [3.8, 4) is 0 Å². The van der Waals surface area contributed by atoms with E-state index in [1.807, 2.05) is 11.0 Å². The van der Waals surface area contributed by atoms with Crippen molar-refractivity contribution in [1.82, 2.24) is 14.8 Å². The van der Waals surface area contributed by atoms with E-state index < -0.39 is 0 Å². The van der Waals surface area contributed by atoms with E-state index in [-0.39, 0.29) is 0 Å². The molecule has 1 saturated carbocycles. The normalized spacial score (nSPS) is 17.2. The number of halogens is 1. The molecule has 0 bridgehead atoms. The molecule has 0 N–H and O–H groups in total. The van der Waals surface area contributed by atoms with Crippen molar-refractivity contribution in [2.75, 3.05) is 0 Å². The molecule has 2 rings (SSSR count). The van der Waals surface area contributed by atoms with Gasteiger partial charge in [0.1, 0.15) is 6.33 Å². The molecule has 60 valence electrons. The second kappa shape index (κ2) is 3.08. The molecule has 0 radical (unpaired) electrons. The number of rotatable bonds is 3. The third-order valence-electron chi connectivity index (χ3n) is 1.97. The molecule has 1 aromatic heterocycles. The van der Waals surface area contributed by atoms with Crippen molar-refractivity contribution in [1.29, 1.82) is 0 Å². The Kier molecular flexibility index (Phi) is 2.11. The van der Waals surface area contributed by atoms with E-state index in [1.165, 1.54) is 19.3 Å². The Morgan fingerprint density at radius 3 is 3.00 bits per heavy atom. The van der Waals surface area contributed by atoms with Gasteiger partial charge in [0.05, 0.1) is 0 Å². The van der Waals surface area contributed by atoms with Crippen LogP contribution in [0, 0.1) is 9.75 Å². The predicted octanol–water partition coefficient (Wildman–Crippen LogP) is 1.68. The van der Waals surface area contributed by atoms with Gasteiger partial charge in [0.2, 0.25) is 3.83 Å². The lowest BCUT2D eigenvalue weighted by atomic mass is 10.3. The van der Waals surface area contributed by atoms with Crippen LogP contribution >= 0.6 is 22.6 Å². The fourth-order valence-corrected chi connectivity index (χ4v) is 1.50. The highest BCUT2D eigenvalue weighted by atomic mass is 127. The summed E-state index contributed by atoms with van der Waals surface area (Å²) in [5.74, 6) is 0.983. The van der Waals surface area contributed by atoms with E-state index >= 15 is 0 Å². The van der Waals surface area contributed by atoms with Gasteiger partial charge in [-0.25, -0.2) is 4.98 Å². The van der Waals surface area contributed by atoms with E-state index in [9.17, 15) is 0 Å². The summed E-state index contributed by atoms with van der Waals surface area (Å²) < 4.78 is 2.78. The van der Waals surface area contributed by atoms with Gasteiger partial charge in [-0.3, -0.25) is 4.68 Å². The van der Waals surface area contributed by atoms with Crippen LogP contribution in [0.4, 0.5) is 0 Å². The van der Waals surface area contributed by atoms with Crippen LogP contribution in [0.1, 0.15) is 19.3 Å². The lowest BCUT2D eigenvalue weighted by molar-refractivity contribution is 0.543. The van der Waals surface area contributed by atoms with Crippen LogP contribution in [0.5, 0.6) is 0 Å². The zero-order valence-electron chi connectivity index (χ0n) is 6.20. The quantitative estimate of drug-likeness (QED) is 0.777. The van der Waals surface area contributed by atoms with Gasteiger partial charge in [-0.05, 0) is 12.3 Å². The zero-order chi connectivity index (χ0) is 7.68. The van der Waals surface area contributed by atoms with Gasteiger partial charge in [0.25, 0.3) is 0 Å². The molecule has 0 amide bonds. The van der Waals surface area contributed by atoms with E-state index in [0.29, 0.717) is 0 Å². The maximum Gasteiger partial charge on any atom is 0.211 e. The lowest BCUT2D eigenvalue weighted by Crippen LogP contribution is -1.99. The fraction of sp³-hybridized carbons (Fsp3) is 0.714. The molecule has 0 spiro atoms. The molecular weight excluding hydrogens is 253 g/mol. The van der Waals surface area contributed by atoms with Crippen molar-refractivity contribution in [3.63, 3.8) is 0 Å². The van der Waals surface area contributed by atoms with Crippen molar-refractivity contribution >= 4 is 22.6 Å². The Bertz CT molecular complexity index is 242. The second-order valence-electron chi connectivity index (χ2n) is 3.01. The third-order valence-corrected chi connectivity index (χ3v) is 2.47. The van der Waals surface area contributed by atoms with Crippen LogP contribution in [0.25, 0.3) is 0 Å². The average Bonchev–Trinajstić information content (AvgIpc) is 2.72. The molecule has 0 unspecified atom stereocenters. The molecule has 1 fully saturated rings. The topological polar surface area (TPSA) is 30.7 Å². The molecule has 0 saturated heterocycles. The van der Waals surface area contributed by atoms with Crippen molar-refractivity contribution in [2.24, 2.45) is 5.92 Å². The van der Waals surface area contributed by atoms with Gasteiger partial charge < -0.3 is 0 Å². The van der Waals surface area contributed by atoms with Crippen molar-refractivity contribution in [3.05, 3.63) is 10.2 Å². The molecule has 1 aliphatic carbocycles. The van der Waals surface area contributed by atoms with Crippen molar-refractivity contribution < 1.29 is 0 Å². The van der Waals surface area contributed by atoms with E-state index in [0.717, 1.165) is 16.3 Å². The summed E-state index contributed by atoms with van der Waals surface area (Å²) in [6, 6.07) is 0. The van der Waals surface area contributed by atoms with Crippen LogP contribution in [-0.2, 0) is 6.54 Å². The Morgan fingerprint density at radius 1 is 1.64 bits per heavy atom. The monoisotopic (exact) mass is 263 g/mol. The Morgan fingerprint density at radius 2 is 2.45 bits per heavy atom. The number of hydrogen-bond donors (Lipinski definition) is 0. The first-order valence-electron chi connectivity index (χ1n) is 3.89. The molecule has 0 atom stereocenters. The fourth-order valence-electron chi connectivity index (χ4n) is 1.10. The first kappa shape index (κ1) is 7.52. The highest BCUT2D eigenvalue weighted by molar-refractivity contribution is 14.1. The van der Waals surface area contributed by atoms with Crippen LogP contribution < -0.4 is 0 Å². The molecule has 0 aliphatic heterocycles. The molecule has 1 aromatic rings. The van der Waals surface area contributed by atoms with Gasteiger partial charge in [0.15, 0.2) is 0 Å². The number of aryl methyl sites for hydroxylation is 1. The molecule has 4 heteroatoms. The molecular formula is C7H10IN3. The molecule has 1 aliphatic rings. The summed E-state index contributed by atoms with van der Waals surface area (Å²) in [5, 5.41) is 4.20.